The van der Waals surface area contributed by atoms with Crippen LogP contribution in [0.25, 0.3) is 0 Å². The number of carbonyl (C=O) groups excluding carboxylic acids is 1. The predicted molar refractivity (Wildman–Crippen MR) is 65.4 cm³/mol. The normalized spacial score (nSPS) is 10.5. The molecule has 82 valence electrons. The highest BCUT2D eigenvalue weighted by Crippen LogP contribution is 2.20. The van der Waals surface area contributed by atoms with Crippen LogP contribution in [-0.4, -0.2) is 5.91 Å². The van der Waals surface area contributed by atoms with E-state index in [1.165, 1.54) is 0 Å². The van der Waals surface area contributed by atoms with E-state index in [4.69, 9.17) is 11.6 Å². The number of amides is 1. The Morgan fingerprint density at radius 2 is 2.20 bits per heavy atom. The Morgan fingerprint density at radius 1 is 1.53 bits per heavy atom. The molecule has 0 radical (unpaired) electrons. The topological polar surface area (TPSA) is 29.1 Å². The fourth-order valence-corrected chi connectivity index (χ4v) is 1.42. The second kappa shape index (κ2) is 5.42. The minimum Gasteiger partial charge on any atom is -0.352 e. The molecule has 1 aromatic rings. The van der Waals surface area contributed by atoms with Crippen molar-refractivity contribution in [2.75, 3.05) is 0 Å². The van der Waals surface area contributed by atoms with Gasteiger partial charge in [-0.05, 0) is 17.7 Å². The van der Waals surface area contributed by atoms with Crippen molar-refractivity contribution in [3.05, 3.63) is 28.8 Å². The number of hydrogen-bond donors (Lipinski definition) is 2. The number of nitrogens with one attached hydrogen (secondary N) is 1. The molecule has 0 aromatic heterocycles. The van der Waals surface area contributed by atoms with Crippen LogP contribution in [0.1, 0.15) is 19.4 Å². The fourth-order valence-electron chi connectivity index (χ4n) is 1.06. The summed E-state index contributed by atoms with van der Waals surface area (Å²) in [4.78, 5) is 12.0. The number of thiol groups is 1. The van der Waals surface area contributed by atoms with Crippen molar-refractivity contribution in [3.8, 4) is 0 Å². The molecular formula is C11H14ClNOS. The van der Waals surface area contributed by atoms with Crippen LogP contribution in [0.2, 0.25) is 5.02 Å². The summed E-state index contributed by atoms with van der Waals surface area (Å²) in [5, 5.41) is 3.45. The number of benzene rings is 1. The lowest BCUT2D eigenvalue weighted by Crippen LogP contribution is -2.27. The Hall–Kier alpha value is -0.670. The highest BCUT2D eigenvalue weighted by Gasteiger charge is 2.06. The Kier molecular flexibility index (Phi) is 4.48. The zero-order valence-corrected chi connectivity index (χ0v) is 10.4. The first-order valence-corrected chi connectivity index (χ1v) is 5.58. The summed E-state index contributed by atoms with van der Waals surface area (Å²) in [5.41, 5.74) is 0.999. The van der Waals surface area contributed by atoms with Gasteiger partial charge in [0, 0.05) is 17.4 Å². The maximum atomic E-state index is 11.3. The van der Waals surface area contributed by atoms with Crippen molar-refractivity contribution in [1.29, 1.82) is 0 Å². The van der Waals surface area contributed by atoms with Crippen LogP contribution in [0.4, 0.5) is 0 Å². The van der Waals surface area contributed by atoms with Crippen LogP contribution < -0.4 is 5.32 Å². The van der Waals surface area contributed by atoms with Gasteiger partial charge in [0.1, 0.15) is 0 Å². The highest BCUT2D eigenvalue weighted by molar-refractivity contribution is 7.80. The molecular weight excluding hydrogens is 230 g/mol. The lowest BCUT2D eigenvalue weighted by molar-refractivity contribution is -0.124. The van der Waals surface area contributed by atoms with Crippen LogP contribution in [0.5, 0.6) is 0 Å². The van der Waals surface area contributed by atoms with E-state index >= 15 is 0 Å². The first-order valence-electron chi connectivity index (χ1n) is 4.76. The molecule has 1 N–H and O–H groups in total. The average Bonchev–Trinajstić information content (AvgIpc) is 2.19. The van der Waals surface area contributed by atoms with Gasteiger partial charge in [-0.1, -0.05) is 31.5 Å². The highest BCUT2D eigenvalue weighted by atomic mass is 35.5. The van der Waals surface area contributed by atoms with Crippen molar-refractivity contribution in [2.45, 2.75) is 25.3 Å². The number of carbonyl (C=O) groups is 1. The van der Waals surface area contributed by atoms with Crippen LogP contribution in [0.15, 0.2) is 23.1 Å². The molecule has 0 spiro atoms. The maximum Gasteiger partial charge on any atom is 0.222 e. The van der Waals surface area contributed by atoms with Gasteiger partial charge >= 0.3 is 0 Å². The molecule has 0 aliphatic rings. The monoisotopic (exact) mass is 243 g/mol. The van der Waals surface area contributed by atoms with Crippen molar-refractivity contribution in [2.24, 2.45) is 5.92 Å². The summed E-state index contributed by atoms with van der Waals surface area (Å²) < 4.78 is 0. The van der Waals surface area contributed by atoms with E-state index in [9.17, 15) is 4.79 Å². The van der Waals surface area contributed by atoms with E-state index in [1.807, 2.05) is 26.0 Å². The molecule has 0 aliphatic carbocycles. The third-order valence-corrected chi connectivity index (χ3v) is 2.83. The van der Waals surface area contributed by atoms with Gasteiger partial charge in [-0.3, -0.25) is 4.79 Å². The molecule has 1 rings (SSSR count). The second-order valence-corrected chi connectivity index (χ2v) is 4.55. The molecule has 0 saturated heterocycles. The van der Waals surface area contributed by atoms with Crippen molar-refractivity contribution < 1.29 is 4.79 Å². The van der Waals surface area contributed by atoms with E-state index < -0.39 is 0 Å². The van der Waals surface area contributed by atoms with E-state index in [1.54, 1.807) is 6.07 Å². The number of hydrogen-bond acceptors (Lipinski definition) is 2. The Labute approximate surface area is 100 Å². The molecule has 0 saturated carbocycles. The third-order valence-electron chi connectivity index (χ3n) is 2.00. The minimum absolute atomic E-state index is 0.00720. The third kappa shape index (κ3) is 3.76. The molecule has 15 heavy (non-hydrogen) atoms. The van der Waals surface area contributed by atoms with Gasteiger partial charge in [-0.2, -0.15) is 0 Å². The van der Waals surface area contributed by atoms with Crippen LogP contribution in [0.3, 0.4) is 0 Å². The molecule has 0 fully saturated rings. The lowest BCUT2D eigenvalue weighted by Gasteiger charge is -2.08. The van der Waals surface area contributed by atoms with Gasteiger partial charge in [-0.25, -0.2) is 0 Å². The Balaban J connectivity index is 2.58. The zero-order chi connectivity index (χ0) is 11.4. The maximum absolute atomic E-state index is 11.3. The molecule has 0 unspecified atom stereocenters. The Morgan fingerprint density at radius 3 is 2.73 bits per heavy atom. The molecule has 2 nitrogen and oxygen atoms in total. The van der Waals surface area contributed by atoms with Gasteiger partial charge in [0.15, 0.2) is 0 Å². The van der Waals surface area contributed by atoms with Gasteiger partial charge in [0.05, 0.1) is 5.02 Å². The molecule has 4 heteroatoms. The average molecular weight is 244 g/mol. The van der Waals surface area contributed by atoms with Crippen LogP contribution in [0, 0.1) is 5.92 Å². The van der Waals surface area contributed by atoms with E-state index in [2.05, 4.69) is 17.9 Å². The first kappa shape index (κ1) is 12.4. The molecule has 0 atom stereocenters. The van der Waals surface area contributed by atoms with Crippen LogP contribution in [-0.2, 0) is 11.3 Å². The van der Waals surface area contributed by atoms with Gasteiger partial charge in [-0.15, -0.1) is 12.6 Å². The molecule has 1 amide bonds. The van der Waals surface area contributed by atoms with Crippen molar-refractivity contribution >= 4 is 30.1 Å². The quantitative estimate of drug-likeness (QED) is 0.786. The summed E-state index contributed by atoms with van der Waals surface area (Å²) in [6.07, 6.45) is 0. The standard InChI is InChI=1S/C11H14ClNOS/c1-7(2)11(14)13-6-8-3-4-9(12)10(15)5-8/h3-5,7,15H,6H2,1-2H3,(H,13,14). The lowest BCUT2D eigenvalue weighted by atomic mass is 10.2. The fraction of sp³-hybridized carbons (Fsp3) is 0.364. The number of rotatable bonds is 3. The van der Waals surface area contributed by atoms with Gasteiger partial charge in [0.25, 0.3) is 0 Å². The van der Waals surface area contributed by atoms with Crippen molar-refractivity contribution in [1.82, 2.24) is 5.32 Å². The first-order chi connectivity index (χ1) is 7.00. The molecule has 0 aliphatic heterocycles. The Bertz CT molecular complexity index is 366. The summed E-state index contributed by atoms with van der Waals surface area (Å²) in [6, 6.07) is 5.51. The van der Waals surface area contributed by atoms with Crippen molar-refractivity contribution in [3.63, 3.8) is 0 Å². The largest absolute Gasteiger partial charge is 0.352 e. The summed E-state index contributed by atoms with van der Waals surface area (Å²) in [7, 11) is 0. The summed E-state index contributed by atoms with van der Waals surface area (Å²) in [5.74, 6) is 0.0541. The van der Waals surface area contributed by atoms with E-state index in [0.29, 0.717) is 11.6 Å². The summed E-state index contributed by atoms with van der Waals surface area (Å²) in [6.45, 7) is 4.24. The SMILES string of the molecule is CC(C)C(=O)NCc1ccc(Cl)c(S)c1. The molecule has 1 aromatic carbocycles. The predicted octanol–water partition coefficient (Wildman–Crippen LogP) is 2.90. The summed E-state index contributed by atoms with van der Waals surface area (Å²) >= 11 is 10.0. The second-order valence-electron chi connectivity index (χ2n) is 3.66. The van der Waals surface area contributed by atoms with Gasteiger partial charge in [0.2, 0.25) is 5.91 Å². The van der Waals surface area contributed by atoms with E-state index in [0.717, 1.165) is 10.5 Å². The minimum atomic E-state index is 0.00720. The van der Waals surface area contributed by atoms with E-state index in [-0.39, 0.29) is 11.8 Å². The zero-order valence-electron chi connectivity index (χ0n) is 8.75. The smallest absolute Gasteiger partial charge is 0.222 e. The van der Waals surface area contributed by atoms with Gasteiger partial charge < -0.3 is 5.32 Å². The molecule has 0 heterocycles. The number of halogens is 1. The molecule has 0 bridgehead atoms. The van der Waals surface area contributed by atoms with Crippen LogP contribution >= 0.6 is 24.2 Å².